The summed E-state index contributed by atoms with van der Waals surface area (Å²) in [6, 6.07) is 7.58. The van der Waals surface area contributed by atoms with Gasteiger partial charge < -0.3 is 201 Å². The van der Waals surface area contributed by atoms with Gasteiger partial charge in [-0.15, -0.1) is 0 Å². The van der Waals surface area contributed by atoms with Crippen LogP contribution in [0.25, 0.3) is 0 Å². The lowest BCUT2D eigenvalue weighted by Crippen LogP contribution is -2.45. The monoisotopic (exact) mass is 2260 g/mol. The molecule has 148 heavy (non-hydrogen) atoms. The van der Waals surface area contributed by atoms with E-state index in [2.05, 4.69) is 138 Å². The van der Waals surface area contributed by atoms with Gasteiger partial charge in [-0.1, -0.05) is 11.6 Å². The number of hydrogen-bond acceptors (Lipinski definition) is 56. The minimum Gasteiger partial charge on any atom is -0.481 e. The lowest BCUT2D eigenvalue weighted by atomic mass is 10.3. The van der Waals surface area contributed by atoms with E-state index >= 15 is 0 Å². The molecule has 838 valence electrons. The number of aliphatic hydroxyl groups is 5. The smallest absolute Gasteiger partial charge is 0.315 e. The van der Waals surface area contributed by atoms with Gasteiger partial charge in [-0.05, 0) is 55.5 Å². The van der Waals surface area contributed by atoms with E-state index < -0.39 is 6.08 Å². The Morgan fingerprint density at radius 1 is 0.284 bits per heavy atom. The molecule has 0 atom stereocenters. The number of anilines is 7. The highest BCUT2D eigenvalue weighted by atomic mass is 127. The van der Waals surface area contributed by atoms with Crippen molar-refractivity contribution in [2.75, 3.05) is 444 Å². The first kappa shape index (κ1) is 129. The van der Waals surface area contributed by atoms with Crippen molar-refractivity contribution in [3.63, 3.8) is 0 Å². The number of methoxy groups -OCH3 is 6. The fourth-order valence-electron chi connectivity index (χ4n) is 11.7. The summed E-state index contributed by atoms with van der Waals surface area (Å²) in [6.45, 7) is 25.0. The third-order valence-electron chi connectivity index (χ3n) is 19.1. The molecule has 3 fully saturated rings. The van der Waals surface area contributed by atoms with Gasteiger partial charge in [0.05, 0.1) is 292 Å². The van der Waals surface area contributed by atoms with Crippen LogP contribution in [0.4, 0.5) is 45.8 Å². The lowest BCUT2D eigenvalue weighted by molar-refractivity contribution is 0.00327. The lowest BCUT2D eigenvalue weighted by Gasteiger charge is -2.32. The normalized spacial score (nSPS) is 13.1. The van der Waals surface area contributed by atoms with Crippen molar-refractivity contribution in [3.8, 4) is 64.7 Å². The van der Waals surface area contributed by atoms with Crippen LogP contribution in [0, 0.1) is 9.65 Å². The molecule has 59 heteroatoms. The van der Waals surface area contributed by atoms with E-state index in [0.717, 1.165) is 93.9 Å². The standard InChI is InChI=1S/C22H36N8O6S.C18H31IN4O6.C18H32N4O6.C13H21FN2O6.C13H23N3O6.C5H6ClN3O/c1-29-3-5-30(6-4-29)21-27-19(32-2)18(37-22-25-16(23)15-17(24)26-22)20(28-21)36-14-13-35-12-11-34-10-9-33-8-7-31;1-22-3-5-23(6-4-22)18-20-16(25-2)15(19)17(21-18)29-14-13-28-12-11-27-10-9-26-8-7-24;1-21-3-5-22(6-4-21)18-19-16(24-2)15-17(20-18)28-14-13-27-12-11-26-10-9-25-8-7-23;2*1-18-11-10-12(16-13(14)15-11)22-9-8-21-7-6-20-5-4-19-3-2-17;1-10-4-2-3(6)8-5(7)9-4/h15,31H,3-14H2,1-2H3,(H4,23,24,25,26);24H,3-14H2,1-2H3;15,23H,3-14H2,1-2H3;10,17H,2-9H2,1H3;10,17H,2-9H2,1H3,(H2,14,15,16);2H,1H3,(H2,7,8,9). The summed E-state index contributed by atoms with van der Waals surface area (Å²) in [5.41, 5.74) is 22.4. The number of aliphatic hydroxyl groups excluding tert-OH is 5. The van der Waals surface area contributed by atoms with Gasteiger partial charge in [-0.3, -0.25) is 0 Å². The van der Waals surface area contributed by atoms with E-state index in [1.165, 1.54) is 46.6 Å². The molecule has 0 radical (unpaired) electrons. The number of nitrogens with zero attached hydrogens (tertiary/aromatic N) is 20. The van der Waals surface area contributed by atoms with Crippen molar-refractivity contribution in [3.05, 3.63) is 45.1 Å². The average molecular weight is 2260 g/mol. The van der Waals surface area contributed by atoms with Gasteiger partial charge in [0, 0.05) is 90.7 Å². The number of ether oxygens (including phenoxy) is 26. The van der Waals surface area contributed by atoms with Crippen molar-refractivity contribution < 1.29 is 153 Å². The Morgan fingerprint density at radius 3 is 0.872 bits per heavy atom. The molecule has 10 heterocycles. The van der Waals surface area contributed by atoms with Crippen molar-refractivity contribution in [2.24, 2.45) is 0 Å². The molecule has 0 bridgehead atoms. The zero-order valence-corrected chi connectivity index (χ0v) is 89.5. The van der Waals surface area contributed by atoms with Gasteiger partial charge in [0.25, 0.3) is 0 Å². The Morgan fingerprint density at radius 2 is 0.534 bits per heavy atom. The Hall–Kier alpha value is -9.66. The minimum absolute atomic E-state index is 0.00110. The van der Waals surface area contributed by atoms with Crippen molar-refractivity contribution in [2.45, 2.75) is 10.1 Å². The number of hydrogen-bond donors (Lipinski definition) is 9. The number of rotatable bonds is 71. The molecule has 0 saturated carbocycles. The third kappa shape index (κ3) is 59.2. The predicted octanol–water partition coefficient (Wildman–Crippen LogP) is -0.0618. The zero-order chi connectivity index (χ0) is 107. The summed E-state index contributed by atoms with van der Waals surface area (Å²) in [7, 11) is 15.4. The van der Waals surface area contributed by atoms with Gasteiger partial charge in [0.1, 0.15) is 58.3 Å². The molecule has 10 rings (SSSR count). The van der Waals surface area contributed by atoms with Crippen LogP contribution < -0.4 is 89.7 Å². The first-order valence-corrected chi connectivity index (χ1v) is 49.7. The van der Waals surface area contributed by atoms with Crippen molar-refractivity contribution >= 4 is 87.3 Å². The summed E-state index contributed by atoms with van der Waals surface area (Å²) in [5, 5.41) is 43.4. The molecule has 55 nitrogen and oxygen atoms in total. The largest absolute Gasteiger partial charge is 0.481 e. The first-order chi connectivity index (χ1) is 72.1. The molecule has 0 aromatic carbocycles. The van der Waals surface area contributed by atoms with Crippen molar-refractivity contribution in [1.82, 2.24) is 84.5 Å². The molecule has 3 saturated heterocycles. The molecule has 0 spiro atoms. The highest BCUT2D eigenvalue weighted by molar-refractivity contribution is 14.1. The van der Waals surface area contributed by atoms with Gasteiger partial charge >= 0.3 is 6.08 Å². The maximum absolute atomic E-state index is 13.0. The second-order valence-corrected chi connectivity index (χ2v) is 32.5. The fraction of sp³-hybridized carbons (Fsp3) is 0.685. The van der Waals surface area contributed by atoms with Crippen LogP contribution in [0.3, 0.4) is 0 Å². The number of piperazine rings is 3. The second-order valence-electron chi connectivity index (χ2n) is 30.1. The topological polar surface area (TPSA) is 645 Å². The van der Waals surface area contributed by atoms with Crippen LogP contribution in [-0.2, 0) is 71.1 Å². The van der Waals surface area contributed by atoms with E-state index in [1.54, 1.807) is 26.4 Å². The van der Waals surface area contributed by atoms with Crippen LogP contribution in [0.15, 0.2) is 40.4 Å². The molecule has 3 aliphatic rings. The number of nitrogens with two attached hydrogens (primary N) is 4. The number of halogens is 3. The van der Waals surface area contributed by atoms with Crippen LogP contribution in [-0.4, -0.2) is 517 Å². The summed E-state index contributed by atoms with van der Waals surface area (Å²) in [5.74, 6) is 6.38. The van der Waals surface area contributed by atoms with Gasteiger partial charge in [0.15, 0.2) is 5.16 Å². The first-order valence-electron chi connectivity index (χ1n) is 47.5. The zero-order valence-electron chi connectivity index (χ0n) is 85.8. The van der Waals surface area contributed by atoms with Crippen LogP contribution >= 0.6 is 46.0 Å². The van der Waals surface area contributed by atoms with Gasteiger partial charge in [-0.2, -0.15) is 59.2 Å². The highest BCUT2D eigenvalue weighted by Gasteiger charge is 2.27. The summed E-state index contributed by atoms with van der Waals surface area (Å²) in [6.07, 6.45) is -0.910. The number of aromatic nitrogens is 14. The average Bonchev–Trinajstić information content (AvgIpc) is 0.791. The number of likely N-dealkylation sites (N-methyl/N-ethyl adjacent to an activating group) is 3. The molecular formula is C89H149ClFIN24O31S. The SMILES string of the molecule is COc1cc(Cl)nc(N)n1.COc1cc(OCCOCCOCCOCCO)nc(F)n1.COc1cc(OCCOCCOCCOCCO)nc(N)n1.COc1cc(OCCOCCOCCOCCO)nc(N2CCN(C)CC2)n1.COc1nc(N2CCN(C)CC2)nc(OCCOCCOCCOCCO)c1I.COc1nc(N2CCN(C)CC2)nc(OCCOCCOCCOCCO)c1Sc1nc(N)cc(N)n1. The van der Waals surface area contributed by atoms with Crippen LogP contribution in [0.1, 0.15) is 0 Å². The minimum atomic E-state index is -0.910. The van der Waals surface area contributed by atoms with Gasteiger partial charge in [-0.25, -0.2) is 15.0 Å². The molecule has 3 aliphatic heterocycles. The highest BCUT2D eigenvalue weighted by Crippen LogP contribution is 2.41. The van der Waals surface area contributed by atoms with Crippen LogP contribution in [0.2, 0.25) is 5.15 Å². The van der Waals surface area contributed by atoms with Crippen molar-refractivity contribution in [1.29, 1.82) is 0 Å². The van der Waals surface area contributed by atoms with E-state index in [-0.39, 0.29) is 86.7 Å². The van der Waals surface area contributed by atoms with Crippen LogP contribution in [0.5, 0.6) is 64.7 Å². The Bertz CT molecular complexity index is 4440. The van der Waals surface area contributed by atoms with Gasteiger partial charge in [0.2, 0.25) is 94.4 Å². The molecule has 7 aromatic rings. The molecule has 7 aromatic heterocycles. The predicted molar refractivity (Wildman–Crippen MR) is 547 cm³/mol. The fourth-order valence-corrected chi connectivity index (χ4v) is 13.4. The Balaban J connectivity index is 0.000000321. The van der Waals surface area contributed by atoms with E-state index in [0.29, 0.717) is 299 Å². The molecule has 0 unspecified atom stereocenters. The Kier molecular flexibility index (Phi) is 72.3. The quantitative estimate of drug-likeness (QED) is 0.0104. The maximum atomic E-state index is 13.0. The molecular weight excluding hydrogens is 2110 g/mol. The maximum Gasteiger partial charge on any atom is 0.315 e. The molecule has 0 amide bonds. The second kappa shape index (κ2) is 83.0. The third-order valence-corrected chi connectivity index (χ3v) is 21.1. The molecule has 0 aliphatic carbocycles. The summed E-state index contributed by atoms with van der Waals surface area (Å²) in [4.78, 5) is 71.5. The van der Waals surface area contributed by atoms with E-state index in [4.69, 9.17) is 188 Å². The molecule has 13 N–H and O–H groups in total. The van der Waals surface area contributed by atoms with E-state index in [1.807, 2.05) is 0 Å². The van der Waals surface area contributed by atoms with E-state index in [9.17, 15) is 4.39 Å². The summed E-state index contributed by atoms with van der Waals surface area (Å²) < 4.78 is 152. The summed E-state index contributed by atoms with van der Waals surface area (Å²) >= 11 is 8.81. The Labute approximate surface area is 884 Å². The number of nitrogen functional groups attached to an aromatic ring is 4.